The lowest BCUT2D eigenvalue weighted by atomic mass is 9.74. The molecule has 1 aromatic carbocycles. The molecule has 0 bridgehead atoms. The van der Waals surface area contributed by atoms with E-state index in [9.17, 15) is 35.9 Å². The zero-order valence-corrected chi connectivity index (χ0v) is 19.2. The second-order valence-corrected chi connectivity index (χ2v) is 9.44. The minimum Gasteiger partial charge on any atom is -0.369 e. The molecule has 6 nitrogen and oxygen atoms in total. The van der Waals surface area contributed by atoms with Crippen LogP contribution in [0, 0.1) is 17.8 Å². The quantitative estimate of drug-likeness (QED) is 0.435. The summed E-state index contributed by atoms with van der Waals surface area (Å²) in [7, 11) is 0. The predicted octanol–water partition coefficient (Wildman–Crippen LogP) is 3.63. The number of hydrogen-bond acceptors (Lipinski definition) is 4. The molecule has 196 valence electrons. The zero-order valence-electron chi connectivity index (χ0n) is 19.2. The third-order valence-corrected chi connectivity index (χ3v) is 7.14. The lowest BCUT2D eigenvalue weighted by molar-refractivity contribution is -0.143. The number of amides is 2. The highest BCUT2D eigenvalue weighted by Crippen LogP contribution is 2.39. The number of rotatable bonds is 7. The SMILES string of the molecule is NC(=O)C(C(N)=O)C1CCC(CCN2CCN(c3cc(C(F)(F)F)cc(C(F)(F)F)c3)CC2)CC1. The Kier molecular flexibility index (Phi) is 8.23. The van der Waals surface area contributed by atoms with Crippen molar-refractivity contribution in [3.8, 4) is 0 Å². The highest BCUT2D eigenvalue weighted by Gasteiger charge is 2.38. The van der Waals surface area contributed by atoms with Crippen molar-refractivity contribution in [1.82, 2.24) is 4.90 Å². The van der Waals surface area contributed by atoms with E-state index in [0.29, 0.717) is 44.9 Å². The number of carbonyl (C=O) groups excluding carboxylic acids is 2. The van der Waals surface area contributed by atoms with Crippen LogP contribution in [0.3, 0.4) is 0 Å². The molecule has 0 radical (unpaired) electrons. The van der Waals surface area contributed by atoms with Gasteiger partial charge in [-0.05, 0) is 55.8 Å². The predicted molar refractivity (Wildman–Crippen MR) is 117 cm³/mol. The molecule has 2 amide bonds. The van der Waals surface area contributed by atoms with Crippen LogP contribution in [-0.4, -0.2) is 49.4 Å². The van der Waals surface area contributed by atoms with Crippen molar-refractivity contribution in [2.45, 2.75) is 44.5 Å². The Labute approximate surface area is 199 Å². The first-order valence-corrected chi connectivity index (χ1v) is 11.6. The fraction of sp³-hybridized carbons (Fsp3) is 0.652. The number of nitrogens with two attached hydrogens (primary N) is 2. The van der Waals surface area contributed by atoms with Gasteiger partial charge in [0.05, 0.1) is 11.1 Å². The fourth-order valence-electron chi connectivity index (χ4n) is 5.13. The normalized spacial score (nSPS) is 22.4. The smallest absolute Gasteiger partial charge is 0.369 e. The van der Waals surface area contributed by atoms with E-state index in [4.69, 9.17) is 11.5 Å². The van der Waals surface area contributed by atoms with Gasteiger partial charge in [-0.25, -0.2) is 0 Å². The van der Waals surface area contributed by atoms with Crippen LogP contribution in [0.15, 0.2) is 18.2 Å². The van der Waals surface area contributed by atoms with E-state index in [1.807, 2.05) is 0 Å². The largest absolute Gasteiger partial charge is 0.416 e. The van der Waals surface area contributed by atoms with Gasteiger partial charge in [0.1, 0.15) is 5.92 Å². The molecular formula is C23H30F6N4O2. The molecule has 0 spiro atoms. The summed E-state index contributed by atoms with van der Waals surface area (Å²) < 4.78 is 78.9. The van der Waals surface area contributed by atoms with E-state index in [0.717, 1.165) is 37.9 Å². The molecule has 2 aliphatic rings. The van der Waals surface area contributed by atoms with Crippen molar-refractivity contribution in [2.24, 2.45) is 29.2 Å². The van der Waals surface area contributed by atoms with Gasteiger partial charge in [0.25, 0.3) is 0 Å². The monoisotopic (exact) mass is 508 g/mol. The number of carbonyl (C=O) groups is 2. The maximum atomic E-state index is 13.1. The van der Waals surface area contributed by atoms with Crippen LogP contribution in [0.4, 0.5) is 32.0 Å². The van der Waals surface area contributed by atoms with Gasteiger partial charge < -0.3 is 16.4 Å². The van der Waals surface area contributed by atoms with E-state index >= 15 is 0 Å². The first-order chi connectivity index (χ1) is 16.3. The minimum atomic E-state index is -4.87. The summed E-state index contributed by atoms with van der Waals surface area (Å²) in [6.07, 6.45) is -5.81. The van der Waals surface area contributed by atoms with Crippen LogP contribution >= 0.6 is 0 Å². The van der Waals surface area contributed by atoms with Crippen molar-refractivity contribution in [3.63, 3.8) is 0 Å². The summed E-state index contributed by atoms with van der Waals surface area (Å²) >= 11 is 0. The second kappa shape index (κ2) is 10.6. The number of piperazine rings is 1. The fourth-order valence-corrected chi connectivity index (χ4v) is 5.13. The lowest BCUT2D eigenvalue weighted by Gasteiger charge is -2.38. The van der Waals surface area contributed by atoms with Crippen LogP contribution in [0.1, 0.15) is 43.2 Å². The van der Waals surface area contributed by atoms with E-state index in [-0.39, 0.29) is 17.7 Å². The molecule has 2 fully saturated rings. The van der Waals surface area contributed by atoms with Gasteiger partial charge in [0.15, 0.2) is 0 Å². The van der Waals surface area contributed by atoms with E-state index < -0.39 is 41.2 Å². The molecular weight excluding hydrogens is 478 g/mol. The Morgan fingerprint density at radius 3 is 1.74 bits per heavy atom. The summed E-state index contributed by atoms with van der Waals surface area (Å²) in [6, 6.07) is 1.69. The number of alkyl halides is 6. The summed E-state index contributed by atoms with van der Waals surface area (Å²) in [4.78, 5) is 26.7. The van der Waals surface area contributed by atoms with Gasteiger partial charge in [-0.1, -0.05) is 12.8 Å². The Morgan fingerprint density at radius 1 is 0.829 bits per heavy atom. The van der Waals surface area contributed by atoms with Gasteiger partial charge in [-0.2, -0.15) is 26.3 Å². The molecule has 3 rings (SSSR count). The third kappa shape index (κ3) is 7.02. The van der Waals surface area contributed by atoms with Crippen molar-refractivity contribution in [3.05, 3.63) is 29.3 Å². The Morgan fingerprint density at radius 2 is 1.31 bits per heavy atom. The highest BCUT2D eigenvalue weighted by molar-refractivity contribution is 5.99. The second-order valence-electron chi connectivity index (χ2n) is 9.44. The maximum Gasteiger partial charge on any atom is 0.416 e. The summed E-state index contributed by atoms with van der Waals surface area (Å²) in [5, 5.41) is 0. The Balaban J connectivity index is 1.51. The third-order valence-electron chi connectivity index (χ3n) is 7.14. The van der Waals surface area contributed by atoms with Crippen LogP contribution in [0.25, 0.3) is 0 Å². The lowest BCUT2D eigenvalue weighted by Crippen LogP contribution is -2.47. The molecule has 0 atom stereocenters. The molecule has 35 heavy (non-hydrogen) atoms. The Hall–Kier alpha value is -2.50. The number of benzene rings is 1. The molecule has 4 N–H and O–H groups in total. The topological polar surface area (TPSA) is 92.7 Å². The van der Waals surface area contributed by atoms with Gasteiger partial charge in [0.2, 0.25) is 11.8 Å². The summed E-state index contributed by atoms with van der Waals surface area (Å²) in [5.41, 5.74) is 7.92. The number of primary amides is 2. The number of nitrogens with zero attached hydrogens (tertiary/aromatic N) is 2. The molecule has 0 aromatic heterocycles. The molecule has 1 aliphatic heterocycles. The number of hydrogen-bond donors (Lipinski definition) is 2. The first kappa shape index (κ1) is 27.1. The molecule has 1 heterocycles. The molecule has 1 aliphatic carbocycles. The number of halogens is 6. The molecule has 1 saturated carbocycles. The van der Waals surface area contributed by atoms with Gasteiger partial charge in [-0.3, -0.25) is 14.5 Å². The first-order valence-electron chi connectivity index (χ1n) is 11.6. The van der Waals surface area contributed by atoms with Crippen molar-refractivity contribution >= 4 is 17.5 Å². The molecule has 1 aromatic rings. The average Bonchev–Trinajstić information content (AvgIpc) is 2.77. The van der Waals surface area contributed by atoms with Crippen molar-refractivity contribution in [2.75, 3.05) is 37.6 Å². The van der Waals surface area contributed by atoms with Crippen LogP contribution in [0.5, 0.6) is 0 Å². The summed E-state index contributed by atoms with van der Waals surface area (Å²) in [5.74, 6) is -2.07. The molecule has 0 unspecified atom stereocenters. The standard InChI is InChI=1S/C23H30F6N4O2/c24-22(25,26)16-11-17(23(27,28)29)13-18(12-16)33-9-7-32(8-10-33)6-5-14-1-3-15(4-2-14)19(20(30)34)21(31)35/h11-15,19H,1-10H2,(H2,30,34)(H2,31,35). The van der Waals surface area contributed by atoms with Crippen LogP contribution in [-0.2, 0) is 21.9 Å². The Bertz CT molecular complexity index is 858. The van der Waals surface area contributed by atoms with Crippen LogP contribution in [0.2, 0.25) is 0 Å². The molecule has 12 heteroatoms. The average molecular weight is 509 g/mol. The minimum absolute atomic E-state index is 0.0800. The highest BCUT2D eigenvalue weighted by atomic mass is 19.4. The van der Waals surface area contributed by atoms with Crippen molar-refractivity contribution in [1.29, 1.82) is 0 Å². The zero-order chi connectivity index (χ0) is 26.0. The van der Waals surface area contributed by atoms with E-state index in [2.05, 4.69) is 4.90 Å². The van der Waals surface area contributed by atoms with Crippen molar-refractivity contribution < 1.29 is 35.9 Å². The van der Waals surface area contributed by atoms with E-state index in [1.165, 1.54) is 0 Å². The van der Waals surface area contributed by atoms with Gasteiger partial charge in [-0.15, -0.1) is 0 Å². The maximum absolute atomic E-state index is 13.1. The van der Waals surface area contributed by atoms with Gasteiger partial charge in [0, 0.05) is 31.9 Å². The van der Waals surface area contributed by atoms with E-state index in [1.54, 1.807) is 4.90 Å². The summed E-state index contributed by atoms with van der Waals surface area (Å²) in [6.45, 7) is 2.46. The number of anilines is 1. The van der Waals surface area contributed by atoms with Crippen LogP contribution < -0.4 is 16.4 Å². The van der Waals surface area contributed by atoms with Gasteiger partial charge >= 0.3 is 12.4 Å². The molecule has 1 saturated heterocycles.